The van der Waals surface area contributed by atoms with Gasteiger partial charge in [0.2, 0.25) is 0 Å². The largest absolute Gasteiger partial charge is 0.476 e. The van der Waals surface area contributed by atoms with Gasteiger partial charge in [0.05, 0.1) is 12.3 Å². The minimum Gasteiger partial charge on any atom is -0.476 e. The third-order valence-electron chi connectivity index (χ3n) is 6.55. The molecule has 1 saturated heterocycles. The lowest BCUT2D eigenvalue weighted by atomic mass is 9.78. The summed E-state index contributed by atoms with van der Waals surface area (Å²) in [7, 11) is 0. The minimum absolute atomic E-state index is 0.158. The van der Waals surface area contributed by atoms with Crippen molar-refractivity contribution in [1.29, 1.82) is 0 Å². The van der Waals surface area contributed by atoms with Crippen LogP contribution in [-0.2, 0) is 9.47 Å². The summed E-state index contributed by atoms with van der Waals surface area (Å²) in [6, 6.07) is 0. The fraction of sp³-hybridized carbons (Fsp3) is 0.714. The van der Waals surface area contributed by atoms with E-state index in [1.807, 2.05) is 6.26 Å². The standard InChI is InChI=1S/C21H31NO2/c1-13-5-7-18(15(3)9-13)20-22-17(11-23-20)12-24-21(22)19-8-6-14(2)10-16(19)4/h9-11,15-16,18-21H,5-8,12H2,1-4H3. The van der Waals surface area contributed by atoms with E-state index in [9.17, 15) is 0 Å². The highest BCUT2D eigenvalue weighted by Crippen LogP contribution is 2.44. The monoisotopic (exact) mass is 329 g/mol. The average Bonchev–Trinajstić information content (AvgIpc) is 3.10. The summed E-state index contributed by atoms with van der Waals surface area (Å²) in [4.78, 5) is 2.49. The molecule has 6 unspecified atom stereocenters. The maximum atomic E-state index is 6.28. The predicted octanol–water partition coefficient (Wildman–Crippen LogP) is 4.83. The second-order valence-electron chi connectivity index (χ2n) is 8.39. The molecule has 2 heterocycles. The van der Waals surface area contributed by atoms with Gasteiger partial charge in [0.15, 0.2) is 6.23 Å². The third kappa shape index (κ3) is 2.71. The zero-order valence-electron chi connectivity index (χ0n) is 15.5. The second kappa shape index (κ2) is 6.25. The molecule has 0 aromatic rings. The zero-order chi connectivity index (χ0) is 16.8. The van der Waals surface area contributed by atoms with Crippen LogP contribution in [-0.4, -0.2) is 24.0 Å². The molecular formula is C21H31NO2. The van der Waals surface area contributed by atoms with Crippen LogP contribution >= 0.6 is 0 Å². The molecule has 2 aliphatic heterocycles. The quantitative estimate of drug-likeness (QED) is 0.678. The van der Waals surface area contributed by atoms with E-state index < -0.39 is 0 Å². The molecule has 4 rings (SSSR count). The molecule has 2 aliphatic carbocycles. The van der Waals surface area contributed by atoms with Gasteiger partial charge >= 0.3 is 0 Å². The van der Waals surface area contributed by atoms with Crippen LogP contribution in [0.15, 0.2) is 35.3 Å². The first-order valence-corrected chi connectivity index (χ1v) is 9.63. The number of fused-ring (bicyclic) bond motifs is 1. The number of allylic oxidation sites excluding steroid dienone is 4. The van der Waals surface area contributed by atoms with Gasteiger partial charge in [-0.25, -0.2) is 0 Å². The molecule has 0 spiro atoms. The Labute approximate surface area is 146 Å². The van der Waals surface area contributed by atoms with Gasteiger partial charge in [-0.1, -0.05) is 37.1 Å². The van der Waals surface area contributed by atoms with E-state index >= 15 is 0 Å². The Morgan fingerprint density at radius 1 is 0.917 bits per heavy atom. The Morgan fingerprint density at radius 2 is 1.50 bits per heavy atom. The van der Waals surface area contributed by atoms with Crippen LogP contribution in [0.4, 0.5) is 0 Å². The highest BCUT2D eigenvalue weighted by molar-refractivity contribution is 5.16. The number of ether oxygens (including phenoxy) is 2. The molecule has 0 amide bonds. The molecule has 0 aromatic carbocycles. The molecule has 1 fully saturated rings. The molecule has 0 N–H and O–H groups in total. The van der Waals surface area contributed by atoms with Crippen LogP contribution in [0, 0.1) is 23.7 Å². The summed E-state index contributed by atoms with van der Waals surface area (Å²) < 4.78 is 12.5. The van der Waals surface area contributed by atoms with Crippen LogP contribution in [0.5, 0.6) is 0 Å². The maximum Gasteiger partial charge on any atom is 0.176 e. The molecule has 6 atom stereocenters. The summed E-state index contributed by atoms with van der Waals surface area (Å²) in [6.45, 7) is 9.92. The van der Waals surface area contributed by atoms with E-state index in [4.69, 9.17) is 9.47 Å². The van der Waals surface area contributed by atoms with Crippen LogP contribution in [0.2, 0.25) is 0 Å². The van der Waals surface area contributed by atoms with E-state index in [1.165, 1.54) is 42.5 Å². The number of hydrogen-bond donors (Lipinski definition) is 0. The minimum atomic E-state index is 0.158. The van der Waals surface area contributed by atoms with E-state index in [0.717, 1.165) is 0 Å². The lowest BCUT2D eigenvalue weighted by molar-refractivity contribution is -0.110. The Morgan fingerprint density at radius 3 is 2.08 bits per heavy atom. The third-order valence-corrected chi connectivity index (χ3v) is 6.55. The van der Waals surface area contributed by atoms with Gasteiger partial charge in [0.25, 0.3) is 0 Å². The molecule has 132 valence electrons. The second-order valence-corrected chi connectivity index (χ2v) is 8.39. The average molecular weight is 329 g/mol. The van der Waals surface area contributed by atoms with Crippen LogP contribution in [0.1, 0.15) is 53.4 Å². The van der Waals surface area contributed by atoms with Crippen LogP contribution < -0.4 is 0 Å². The summed E-state index contributed by atoms with van der Waals surface area (Å²) >= 11 is 0. The Balaban J connectivity index is 1.55. The van der Waals surface area contributed by atoms with Crippen molar-refractivity contribution in [3.05, 3.63) is 35.3 Å². The Hall–Kier alpha value is -1.22. The molecule has 4 aliphatic rings. The van der Waals surface area contributed by atoms with Crippen molar-refractivity contribution in [2.24, 2.45) is 23.7 Å². The van der Waals surface area contributed by atoms with Gasteiger partial charge in [0.1, 0.15) is 12.5 Å². The molecule has 3 nitrogen and oxygen atoms in total. The molecule has 0 aromatic heterocycles. The maximum absolute atomic E-state index is 6.28. The van der Waals surface area contributed by atoms with E-state index in [2.05, 4.69) is 44.7 Å². The highest BCUT2D eigenvalue weighted by Gasteiger charge is 2.48. The van der Waals surface area contributed by atoms with E-state index in [1.54, 1.807) is 0 Å². The predicted molar refractivity (Wildman–Crippen MR) is 95.8 cm³/mol. The van der Waals surface area contributed by atoms with Gasteiger partial charge in [-0.05, 0) is 51.4 Å². The van der Waals surface area contributed by atoms with Gasteiger partial charge in [0, 0.05) is 11.8 Å². The summed E-state index contributed by atoms with van der Waals surface area (Å²) in [5.74, 6) is 2.28. The lowest BCUT2D eigenvalue weighted by Crippen LogP contribution is -2.47. The van der Waals surface area contributed by atoms with Crippen molar-refractivity contribution in [2.45, 2.75) is 65.8 Å². The summed E-state index contributed by atoms with van der Waals surface area (Å²) in [5.41, 5.74) is 4.31. The van der Waals surface area contributed by atoms with Crippen molar-refractivity contribution >= 4 is 0 Å². The Bertz CT molecular complexity index is 591. The topological polar surface area (TPSA) is 21.7 Å². The molecular weight excluding hydrogens is 298 g/mol. The fourth-order valence-corrected chi connectivity index (χ4v) is 5.17. The molecule has 0 radical (unpaired) electrons. The lowest BCUT2D eigenvalue weighted by Gasteiger charge is -2.41. The van der Waals surface area contributed by atoms with Gasteiger partial charge < -0.3 is 14.4 Å². The molecule has 0 saturated carbocycles. The van der Waals surface area contributed by atoms with Crippen LogP contribution in [0.25, 0.3) is 0 Å². The first kappa shape index (κ1) is 16.3. The first-order chi connectivity index (χ1) is 11.5. The van der Waals surface area contributed by atoms with E-state index in [0.29, 0.717) is 30.3 Å². The molecule has 24 heavy (non-hydrogen) atoms. The van der Waals surface area contributed by atoms with Crippen molar-refractivity contribution in [1.82, 2.24) is 4.90 Å². The van der Waals surface area contributed by atoms with Crippen molar-refractivity contribution in [2.75, 3.05) is 6.61 Å². The zero-order valence-corrected chi connectivity index (χ0v) is 15.5. The first-order valence-electron chi connectivity index (χ1n) is 9.63. The molecule has 0 bridgehead atoms. The normalized spacial score (nSPS) is 42.2. The van der Waals surface area contributed by atoms with Gasteiger partial charge in [-0.2, -0.15) is 0 Å². The summed E-state index contributed by atoms with van der Waals surface area (Å²) in [5, 5.41) is 0. The summed E-state index contributed by atoms with van der Waals surface area (Å²) in [6.07, 6.45) is 12.0. The van der Waals surface area contributed by atoms with Gasteiger partial charge in [-0.3, -0.25) is 0 Å². The van der Waals surface area contributed by atoms with Gasteiger partial charge in [-0.15, -0.1) is 0 Å². The number of nitrogens with zero attached hydrogens (tertiary/aromatic N) is 1. The number of hydrogen-bond acceptors (Lipinski definition) is 3. The van der Waals surface area contributed by atoms with Crippen molar-refractivity contribution in [3.8, 4) is 0 Å². The Kier molecular flexibility index (Phi) is 4.24. The van der Waals surface area contributed by atoms with Crippen molar-refractivity contribution < 1.29 is 9.47 Å². The SMILES string of the molecule is CC1=CC(C)C(C2OC=C3COC(C4CCC(C)=CC4C)N32)CC1. The fourth-order valence-electron chi connectivity index (χ4n) is 5.17. The smallest absolute Gasteiger partial charge is 0.176 e. The van der Waals surface area contributed by atoms with Crippen LogP contribution in [0.3, 0.4) is 0 Å². The number of rotatable bonds is 2. The molecule has 3 heteroatoms. The van der Waals surface area contributed by atoms with E-state index in [-0.39, 0.29) is 12.5 Å². The van der Waals surface area contributed by atoms with Crippen molar-refractivity contribution in [3.63, 3.8) is 0 Å². The highest BCUT2D eigenvalue weighted by atomic mass is 16.6.